The number of hydrogen-bond donors (Lipinski definition) is 2. The summed E-state index contributed by atoms with van der Waals surface area (Å²) in [6.45, 7) is 2.66. The van der Waals surface area contributed by atoms with E-state index in [4.69, 9.17) is 11.6 Å². The maximum Gasteiger partial charge on any atom is 0.289 e. The van der Waals surface area contributed by atoms with Gasteiger partial charge in [0, 0.05) is 16.6 Å². The Morgan fingerprint density at radius 2 is 2.00 bits per heavy atom. The average molecular weight is 282 g/mol. The standard InChI is InChI=1S/C12H15ClF3NO/c1-7(2)17-6-12(15,16)11(18)9-5-8(13)3-4-10(9)14/h3-5,7,11,17-18H,6H2,1-2H3. The van der Waals surface area contributed by atoms with Crippen molar-refractivity contribution in [2.75, 3.05) is 6.54 Å². The van der Waals surface area contributed by atoms with Gasteiger partial charge in [0.05, 0.1) is 6.54 Å². The molecule has 1 unspecified atom stereocenters. The van der Waals surface area contributed by atoms with Gasteiger partial charge in [0.1, 0.15) is 11.9 Å². The van der Waals surface area contributed by atoms with Crippen LogP contribution in [0.3, 0.4) is 0 Å². The number of halogens is 4. The summed E-state index contributed by atoms with van der Waals surface area (Å²) in [7, 11) is 0. The Labute approximate surface area is 109 Å². The van der Waals surface area contributed by atoms with Crippen LogP contribution in [-0.4, -0.2) is 23.6 Å². The van der Waals surface area contributed by atoms with Gasteiger partial charge in [-0.3, -0.25) is 0 Å². The Balaban J connectivity index is 2.90. The molecular formula is C12H15ClF3NO. The number of alkyl halides is 2. The van der Waals surface area contributed by atoms with Gasteiger partial charge in [-0.2, -0.15) is 0 Å². The highest BCUT2D eigenvalue weighted by atomic mass is 35.5. The molecule has 0 spiro atoms. The zero-order chi connectivity index (χ0) is 13.9. The fraction of sp³-hybridized carbons (Fsp3) is 0.500. The summed E-state index contributed by atoms with van der Waals surface area (Å²) in [5, 5.41) is 12.2. The minimum Gasteiger partial charge on any atom is -0.382 e. The summed E-state index contributed by atoms with van der Waals surface area (Å²) < 4.78 is 40.7. The molecule has 6 heteroatoms. The summed E-state index contributed by atoms with van der Waals surface area (Å²) in [4.78, 5) is 0. The number of nitrogens with one attached hydrogen (secondary N) is 1. The summed E-state index contributed by atoms with van der Waals surface area (Å²) >= 11 is 5.60. The van der Waals surface area contributed by atoms with Gasteiger partial charge in [-0.25, -0.2) is 13.2 Å². The first-order chi connectivity index (χ1) is 8.24. The zero-order valence-corrected chi connectivity index (χ0v) is 10.8. The van der Waals surface area contributed by atoms with Crippen molar-refractivity contribution in [1.29, 1.82) is 0 Å². The van der Waals surface area contributed by atoms with E-state index in [1.165, 1.54) is 6.07 Å². The van der Waals surface area contributed by atoms with Gasteiger partial charge in [-0.05, 0) is 18.2 Å². The molecule has 1 aromatic carbocycles. The molecule has 0 aliphatic heterocycles. The molecule has 0 aliphatic rings. The summed E-state index contributed by atoms with van der Waals surface area (Å²) in [5.41, 5.74) is -0.502. The normalized spacial score (nSPS) is 14.0. The molecule has 0 bridgehead atoms. The Hall–Kier alpha value is -0.780. The highest BCUT2D eigenvalue weighted by Crippen LogP contribution is 2.33. The van der Waals surface area contributed by atoms with E-state index in [0.717, 1.165) is 12.1 Å². The molecule has 0 saturated carbocycles. The van der Waals surface area contributed by atoms with Crippen LogP contribution in [0.5, 0.6) is 0 Å². The number of aliphatic hydroxyl groups excluding tert-OH is 1. The van der Waals surface area contributed by atoms with Crippen molar-refractivity contribution < 1.29 is 18.3 Å². The van der Waals surface area contributed by atoms with E-state index in [1.54, 1.807) is 13.8 Å². The van der Waals surface area contributed by atoms with Crippen LogP contribution in [0.15, 0.2) is 18.2 Å². The molecule has 18 heavy (non-hydrogen) atoms. The Morgan fingerprint density at radius 1 is 1.39 bits per heavy atom. The van der Waals surface area contributed by atoms with Crippen molar-refractivity contribution in [2.24, 2.45) is 0 Å². The Kier molecular flexibility index (Phi) is 5.01. The number of hydrogen-bond acceptors (Lipinski definition) is 2. The van der Waals surface area contributed by atoms with Crippen molar-refractivity contribution in [1.82, 2.24) is 5.32 Å². The molecule has 102 valence electrons. The number of rotatable bonds is 5. The fourth-order valence-corrected chi connectivity index (χ4v) is 1.57. The molecule has 0 fully saturated rings. The van der Waals surface area contributed by atoms with Crippen LogP contribution in [0.2, 0.25) is 5.02 Å². The van der Waals surface area contributed by atoms with E-state index in [9.17, 15) is 18.3 Å². The molecule has 0 heterocycles. The Bertz CT molecular complexity index is 412. The molecule has 0 amide bonds. The highest BCUT2D eigenvalue weighted by Gasteiger charge is 2.40. The van der Waals surface area contributed by atoms with E-state index >= 15 is 0 Å². The van der Waals surface area contributed by atoms with Crippen molar-refractivity contribution >= 4 is 11.6 Å². The molecule has 0 saturated heterocycles. The van der Waals surface area contributed by atoms with Gasteiger partial charge in [0.25, 0.3) is 5.92 Å². The topological polar surface area (TPSA) is 32.3 Å². The van der Waals surface area contributed by atoms with Gasteiger partial charge in [0.15, 0.2) is 0 Å². The molecule has 0 aliphatic carbocycles. The lowest BCUT2D eigenvalue weighted by atomic mass is 10.0. The fourth-order valence-electron chi connectivity index (χ4n) is 1.39. The molecule has 0 radical (unpaired) electrons. The van der Waals surface area contributed by atoms with Gasteiger partial charge < -0.3 is 10.4 Å². The van der Waals surface area contributed by atoms with Crippen molar-refractivity contribution in [3.8, 4) is 0 Å². The van der Waals surface area contributed by atoms with Crippen LogP contribution in [0, 0.1) is 5.82 Å². The molecular weight excluding hydrogens is 267 g/mol. The van der Waals surface area contributed by atoms with Crippen LogP contribution >= 0.6 is 11.6 Å². The van der Waals surface area contributed by atoms with Gasteiger partial charge >= 0.3 is 0 Å². The third kappa shape index (κ3) is 3.86. The van der Waals surface area contributed by atoms with Crippen LogP contribution < -0.4 is 5.32 Å². The van der Waals surface area contributed by atoms with Gasteiger partial charge in [0.2, 0.25) is 0 Å². The van der Waals surface area contributed by atoms with E-state index in [-0.39, 0.29) is 11.1 Å². The number of benzene rings is 1. The maximum absolute atomic E-state index is 13.7. The minimum absolute atomic E-state index is 0.0954. The molecule has 0 aromatic heterocycles. The largest absolute Gasteiger partial charge is 0.382 e. The Morgan fingerprint density at radius 3 is 2.56 bits per heavy atom. The highest BCUT2D eigenvalue weighted by molar-refractivity contribution is 6.30. The first kappa shape index (κ1) is 15.3. The third-order valence-electron chi connectivity index (χ3n) is 2.40. The second kappa shape index (κ2) is 5.91. The van der Waals surface area contributed by atoms with Crippen molar-refractivity contribution in [3.63, 3.8) is 0 Å². The lowest BCUT2D eigenvalue weighted by Crippen LogP contribution is -2.41. The maximum atomic E-state index is 13.7. The average Bonchev–Trinajstić information content (AvgIpc) is 2.29. The first-order valence-corrected chi connectivity index (χ1v) is 5.86. The van der Waals surface area contributed by atoms with Crippen LogP contribution in [-0.2, 0) is 0 Å². The molecule has 2 nitrogen and oxygen atoms in total. The van der Waals surface area contributed by atoms with Crippen LogP contribution in [0.1, 0.15) is 25.5 Å². The van der Waals surface area contributed by atoms with E-state index in [2.05, 4.69) is 5.32 Å². The lowest BCUT2D eigenvalue weighted by molar-refractivity contribution is -0.110. The predicted octanol–water partition coefficient (Wildman–Crippen LogP) is 3.15. The second-order valence-electron chi connectivity index (χ2n) is 4.37. The molecule has 1 atom stereocenters. The predicted molar refractivity (Wildman–Crippen MR) is 64.5 cm³/mol. The van der Waals surface area contributed by atoms with Crippen molar-refractivity contribution in [3.05, 3.63) is 34.6 Å². The van der Waals surface area contributed by atoms with Crippen molar-refractivity contribution in [2.45, 2.75) is 31.9 Å². The van der Waals surface area contributed by atoms with E-state index < -0.39 is 30.0 Å². The van der Waals surface area contributed by atoms with Crippen LogP contribution in [0.4, 0.5) is 13.2 Å². The van der Waals surface area contributed by atoms with Crippen LogP contribution in [0.25, 0.3) is 0 Å². The zero-order valence-electron chi connectivity index (χ0n) is 10.1. The summed E-state index contributed by atoms with van der Waals surface area (Å²) in [5.74, 6) is -4.38. The van der Waals surface area contributed by atoms with E-state index in [0.29, 0.717) is 0 Å². The third-order valence-corrected chi connectivity index (χ3v) is 2.63. The van der Waals surface area contributed by atoms with E-state index in [1.807, 2.05) is 0 Å². The second-order valence-corrected chi connectivity index (χ2v) is 4.80. The summed E-state index contributed by atoms with van der Waals surface area (Å²) in [6.07, 6.45) is -2.23. The first-order valence-electron chi connectivity index (χ1n) is 5.48. The van der Waals surface area contributed by atoms with Gasteiger partial charge in [-0.1, -0.05) is 25.4 Å². The number of aliphatic hydroxyl groups is 1. The molecule has 2 N–H and O–H groups in total. The monoisotopic (exact) mass is 281 g/mol. The minimum atomic E-state index is -3.48. The smallest absolute Gasteiger partial charge is 0.289 e. The quantitative estimate of drug-likeness (QED) is 0.869. The van der Waals surface area contributed by atoms with Gasteiger partial charge in [-0.15, -0.1) is 0 Å². The molecule has 1 aromatic rings. The summed E-state index contributed by atoms with van der Waals surface area (Å²) in [6, 6.07) is 3.03. The molecule has 1 rings (SSSR count). The lowest BCUT2D eigenvalue weighted by Gasteiger charge is -2.24. The SMILES string of the molecule is CC(C)NCC(F)(F)C(O)c1cc(Cl)ccc1F.